The average Bonchev–Trinajstić information content (AvgIpc) is 2.84. The normalized spacial score (nSPS) is 37.6. The van der Waals surface area contributed by atoms with Gasteiger partial charge in [-0.05, 0) is 51.2 Å². The molecule has 3 heteroatoms. The molecule has 2 rings (SSSR count). The predicted molar refractivity (Wildman–Crippen MR) is 61.9 cm³/mol. The van der Waals surface area contributed by atoms with Crippen LogP contribution in [-0.2, 0) is 0 Å². The van der Waals surface area contributed by atoms with Crippen molar-refractivity contribution >= 4 is 0 Å². The summed E-state index contributed by atoms with van der Waals surface area (Å²) in [5.41, 5.74) is 0. The average molecular weight is 212 g/mol. The van der Waals surface area contributed by atoms with Gasteiger partial charge in [-0.25, -0.2) is 0 Å². The van der Waals surface area contributed by atoms with E-state index >= 15 is 0 Å². The Balaban J connectivity index is 1.66. The van der Waals surface area contributed by atoms with E-state index in [2.05, 4.69) is 17.1 Å². The Morgan fingerprint density at radius 1 is 1.33 bits per heavy atom. The highest BCUT2D eigenvalue weighted by atomic mass is 16.3. The number of aliphatic hydroxyl groups excluding tert-OH is 1. The molecule has 88 valence electrons. The van der Waals surface area contributed by atoms with E-state index in [9.17, 15) is 5.11 Å². The van der Waals surface area contributed by atoms with E-state index in [1.165, 1.54) is 32.5 Å². The van der Waals surface area contributed by atoms with Crippen molar-refractivity contribution in [2.24, 2.45) is 5.92 Å². The number of nitrogens with zero attached hydrogens (tertiary/aromatic N) is 1. The SMILES string of the molecule is CCN1CCC(CN[C@H]2CCC[C@@H]2O)C1. The van der Waals surface area contributed by atoms with Gasteiger partial charge in [0.1, 0.15) is 0 Å². The van der Waals surface area contributed by atoms with Gasteiger partial charge in [-0.1, -0.05) is 6.92 Å². The maximum Gasteiger partial charge on any atom is 0.0693 e. The first-order valence-corrected chi connectivity index (χ1v) is 6.43. The highest BCUT2D eigenvalue weighted by Crippen LogP contribution is 2.20. The minimum absolute atomic E-state index is 0.0892. The molecule has 1 heterocycles. The Morgan fingerprint density at radius 2 is 2.20 bits per heavy atom. The van der Waals surface area contributed by atoms with Crippen molar-refractivity contribution in [3.8, 4) is 0 Å². The minimum Gasteiger partial charge on any atom is -0.392 e. The fraction of sp³-hybridized carbons (Fsp3) is 1.00. The number of hydrogen-bond donors (Lipinski definition) is 2. The first-order valence-electron chi connectivity index (χ1n) is 6.43. The van der Waals surface area contributed by atoms with Crippen LogP contribution in [0.2, 0.25) is 0 Å². The van der Waals surface area contributed by atoms with E-state index in [1.807, 2.05) is 0 Å². The molecule has 0 radical (unpaired) electrons. The molecule has 0 amide bonds. The summed E-state index contributed by atoms with van der Waals surface area (Å²) in [7, 11) is 0. The van der Waals surface area contributed by atoms with Gasteiger partial charge in [-0.3, -0.25) is 0 Å². The van der Waals surface area contributed by atoms with Gasteiger partial charge < -0.3 is 15.3 Å². The molecule has 0 bridgehead atoms. The number of nitrogens with one attached hydrogen (secondary N) is 1. The van der Waals surface area contributed by atoms with Crippen molar-refractivity contribution in [2.75, 3.05) is 26.2 Å². The van der Waals surface area contributed by atoms with Gasteiger partial charge >= 0.3 is 0 Å². The van der Waals surface area contributed by atoms with Crippen molar-refractivity contribution in [2.45, 2.75) is 44.8 Å². The summed E-state index contributed by atoms with van der Waals surface area (Å²) in [4.78, 5) is 2.51. The van der Waals surface area contributed by atoms with E-state index in [0.29, 0.717) is 6.04 Å². The summed E-state index contributed by atoms with van der Waals surface area (Å²) in [6, 6.07) is 0.376. The molecule has 2 N–H and O–H groups in total. The van der Waals surface area contributed by atoms with E-state index < -0.39 is 0 Å². The van der Waals surface area contributed by atoms with Crippen LogP contribution >= 0.6 is 0 Å². The molecule has 2 fully saturated rings. The maximum absolute atomic E-state index is 9.69. The van der Waals surface area contributed by atoms with Gasteiger partial charge in [0.05, 0.1) is 6.10 Å². The number of likely N-dealkylation sites (tertiary alicyclic amines) is 1. The molecule has 15 heavy (non-hydrogen) atoms. The lowest BCUT2D eigenvalue weighted by Crippen LogP contribution is -2.39. The maximum atomic E-state index is 9.69. The fourth-order valence-corrected chi connectivity index (χ4v) is 2.86. The monoisotopic (exact) mass is 212 g/mol. The zero-order chi connectivity index (χ0) is 10.7. The molecule has 3 nitrogen and oxygen atoms in total. The summed E-state index contributed by atoms with van der Waals surface area (Å²) in [6.45, 7) is 7.01. The van der Waals surface area contributed by atoms with Crippen LogP contribution < -0.4 is 5.32 Å². The first-order chi connectivity index (χ1) is 7.29. The van der Waals surface area contributed by atoms with E-state index in [-0.39, 0.29) is 6.10 Å². The molecule has 1 unspecified atom stereocenters. The predicted octanol–water partition coefficient (Wildman–Crippen LogP) is 0.831. The van der Waals surface area contributed by atoms with Crippen molar-refractivity contribution in [1.29, 1.82) is 0 Å². The topological polar surface area (TPSA) is 35.5 Å². The lowest BCUT2D eigenvalue weighted by atomic mass is 10.1. The van der Waals surface area contributed by atoms with Crippen molar-refractivity contribution in [1.82, 2.24) is 10.2 Å². The molecule has 2 aliphatic rings. The van der Waals surface area contributed by atoms with Gasteiger partial charge in [0.2, 0.25) is 0 Å². The Morgan fingerprint density at radius 3 is 2.80 bits per heavy atom. The Kier molecular flexibility index (Phi) is 4.00. The van der Waals surface area contributed by atoms with Crippen molar-refractivity contribution in [3.63, 3.8) is 0 Å². The Hall–Kier alpha value is -0.120. The molecule has 1 aliphatic heterocycles. The van der Waals surface area contributed by atoms with Gasteiger partial charge in [-0.2, -0.15) is 0 Å². The highest BCUT2D eigenvalue weighted by Gasteiger charge is 2.27. The largest absolute Gasteiger partial charge is 0.392 e. The first kappa shape index (κ1) is 11.4. The van der Waals surface area contributed by atoms with Crippen LogP contribution in [0.1, 0.15) is 32.6 Å². The smallest absolute Gasteiger partial charge is 0.0693 e. The second-order valence-corrected chi connectivity index (χ2v) is 5.06. The number of hydrogen-bond acceptors (Lipinski definition) is 3. The summed E-state index contributed by atoms with van der Waals surface area (Å²) >= 11 is 0. The third-order valence-corrected chi connectivity index (χ3v) is 3.97. The summed E-state index contributed by atoms with van der Waals surface area (Å²) in [5, 5.41) is 13.2. The van der Waals surface area contributed by atoms with Gasteiger partial charge in [0.15, 0.2) is 0 Å². The van der Waals surface area contributed by atoms with E-state index in [1.54, 1.807) is 0 Å². The van der Waals surface area contributed by atoms with Crippen LogP contribution in [0.25, 0.3) is 0 Å². The minimum atomic E-state index is -0.0892. The van der Waals surface area contributed by atoms with Crippen LogP contribution in [0.3, 0.4) is 0 Å². The van der Waals surface area contributed by atoms with Crippen LogP contribution in [0.4, 0.5) is 0 Å². The molecule has 0 aromatic heterocycles. The summed E-state index contributed by atoms with van der Waals surface area (Å²) in [5.74, 6) is 0.803. The second-order valence-electron chi connectivity index (χ2n) is 5.06. The van der Waals surface area contributed by atoms with Crippen molar-refractivity contribution < 1.29 is 5.11 Å². The fourth-order valence-electron chi connectivity index (χ4n) is 2.86. The lowest BCUT2D eigenvalue weighted by Gasteiger charge is -2.19. The van der Waals surface area contributed by atoms with Crippen LogP contribution in [0, 0.1) is 5.92 Å². The molecule has 0 aromatic carbocycles. The Labute approximate surface area is 92.8 Å². The molecular weight excluding hydrogens is 188 g/mol. The van der Waals surface area contributed by atoms with Crippen molar-refractivity contribution in [3.05, 3.63) is 0 Å². The van der Waals surface area contributed by atoms with Crippen LogP contribution in [0.5, 0.6) is 0 Å². The van der Waals surface area contributed by atoms with Gasteiger partial charge in [0, 0.05) is 12.6 Å². The second kappa shape index (κ2) is 5.28. The molecule has 1 aliphatic carbocycles. The van der Waals surface area contributed by atoms with Crippen LogP contribution in [-0.4, -0.2) is 48.3 Å². The highest BCUT2D eigenvalue weighted by molar-refractivity contribution is 4.85. The standard InChI is InChI=1S/C12H24N2O/c1-2-14-7-6-10(9-14)8-13-11-4-3-5-12(11)15/h10-13,15H,2-9H2,1H3/t10?,11-,12-/m0/s1. The number of rotatable bonds is 4. The molecule has 0 spiro atoms. The number of aliphatic hydroxyl groups is 1. The van der Waals surface area contributed by atoms with Gasteiger partial charge in [0.25, 0.3) is 0 Å². The van der Waals surface area contributed by atoms with E-state index in [4.69, 9.17) is 0 Å². The quantitative estimate of drug-likeness (QED) is 0.724. The summed E-state index contributed by atoms with van der Waals surface area (Å²) in [6.07, 6.45) is 4.57. The molecular formula is C12H24N2O. The zero-order valence-corrected chi connectivity index (χ0v) is 9.78. The van der Waals surface area contributed by atoms with Crippen LogP contribution in [0.15, 0.2) is 0 Å². The summed E-state index contributed by atoms with van der Waals surface area (Å²) < 4.78 is 0. The molecule has 0 aromatic rings. The third kappa shape index (κ3) is 2.92. The Bertz CT molecular complexity index is 198. The third-order valence-electron chi connectivity index (χ3n) is 3.97. The van der Waals surface area contributed by atoms with E-state index in [0.717, 1.165) is 25.3 Å². The zero-order valence-electron chi connectivity index (χ0n) is 9.78. The van der Waals surface area contributed by atoms with Gasteiger partial charge in [-0.15, -0.1) is 0 Å². The molecule has 1 saturated carbocycles. The lowest BCUT2D eigenvalue weighted by molar-refractivity contribution is 0.147. The molecule has 3 atom stereocenters. The molecule has 1 saturated heterocycles.